The SMILES string of the molecule is NNC(Cc1ccccc1F)C1CCCC1. The molecule has 1 aromatic rings. The van der Waals surface area contributed by atoms with Gasteiger partial charge in [0, 0.05) is 6.04 Å². The first-order valence-corrected chi connectivity index (χ1v) is 6.01. The minimum atomic E-state index is -0.124. The number of hydrogen-bond acceptors (Lipinski definition) is 2. The van der Waals surface area contributed by atoms with Crippen LogP contribution >= 0.6 is 0 Å². The van der Waals surface area contributed by atoms with Crippen LogP contribution in [0.4, 0.5) is 4.39 Å². The summed E-state index contributed by atoms with van der Waals surface area (Å²) in [4.78, 5) is 0. The molecule has 1 unspecified atom stereocenters. The highest BCUT2D eigenvalue weighted by Crippen LogP contribution is 2.29. The largest absolute Gasteiger partial charge is 0.271 e. The summed E-state index contributed by atoms with van der Waals surface area (Å²) < 4.78 is 13.5. The molecular formula is C13H19FN2. The summed E-state index contributed by atoms with van der Waals surface area (Å²) in [6.07, 6.45) is 5.67. The zero-order valence-corrected chi connectivity index (χ0v) is 9.45. The van der Waals surface area contributed by atoms with Crippen molar-refractivity contribution in [3.05, 3.63) is 35.6 Å². The van der Waals surface area contributed by atoms with Gasteiger partial charge in [-0.3, -0.25) is 11.3 Å². The maximum absolute atomic E-state index is 13.5. The van der Waals surface area contributed by atoms with Crippen molar-refractivity contribution in [3.63, 3.8) is 0 Å². The van der Waals surface area contributed by atoms with Crippen molar-refractivity contribution in [2.75, 3.05) is 0 Å². The van der Waals surface area contributed by atoms with E-state index in [-0.39, 0.29) is 11.9 Å². The normalized spacial score (nSPS) is 18.9. The topological polar surface area (TPSA) is 38.0 Å². The van der Waals surface area contributed by atoms with E-state index in [2.05, 4.69) is 5.43 Å². The van der Waals surface area contributed by atoms with Crippen molar-refractivity contribution >= 4 is 0 Å². The smallest absolute Gasteiger partial charge is 0.126 e. The average molecular weight is 222 g/mol. The molecule has 16 heavy (non-hydrogen) atoms. The molecule has 3 heteroatoms. The maximum atomic E-state index is 13.5. The predicted octanol–water partition coefficient (Wildman–Crippen LogP) is 2.39. The quantitative estimate of drug-likeness (QED) is 0.606. The summed E-state index contributed by atoms with van der Waals surface area (Å²) in [5.74, 6) is 6.06. The van der Waals surface area contributed by atoms with Crippen LogP contribution in [0.1, 0.15) is 31.2 Å². The number of rotatable bonds is 4. The van der Waals surface area contributed by atoms with E-state index >= 15 is 0 Å². The van der Waals surface area contributed by atoms with Crippen LogP contribution in [0.2, 0.25) is 0 Å². The summed E-state index contributed by atoms with van der Waals surface area (Å²) in [6.45, 7) is 0. The minimum Gasteiger partial charge on any atom is -0.271 e. The first kappa shape index (κ1) is 11.6. The molecule has 0 bridgehead atoms. The van der Waals surface area contributed by atoms with E-state index in [1.54, 1.807) is 6.07 Å². The van der Waals surface area contributed by atoms with Crippen LogP contribution in [-0.2, 0) is 6.42 Å². The predicted molar refractivity (Wildman–Crippen MR) is 63.2 cm³/mol. The number of nitrogens with one attached hydrogen (secondary N) is 1. The summed E-state index contributed by atoms with van der Waals surface area (Å²) in [6, 6.07) is 7.16. The molecule has 1 aliphatic carbocycles. The Morgan fingerprint density at radius 3 is 2.62 bits per heavy atom. The molecule has 0 aromatic heterocycles. The van der Waals surface area contributed by atoms with Gasteiger partial charge in [-0.1, -0.05) is 31.0 Å². The van der Waals surface area contributed by atoms with Crippen molar-refractivity contribution < 1.29 is 4.39 Å². The molecule has 0 saturated heterocycles. The molecule has 0 heterocycles. The minimum absolute atomic E-state index is 0.124. The second kappa shape index (κ2) is 5.41. The number of hydrazine groups is 1. The fraction of sp³-hybridized carbons (Fsp3) is 0.538. The van der Waals surface area contributed by atoms with Crippen LogP contribution in [0.15, 0.2) is 24.3 Å². The van der Waals surface area contributed by atoms with E-state index in [1.807, 2.05) is 12.1 Å². The third-order valence-corrected chi connectivity index (χ3v) is 3.58. The highest BCUT2D eigenvalue weighted by Gasteiger charge is 2.24. The summed E-state index contributed by atoms with van der Waals surface area (Å²) in [7, 11) is 0. The first-order valence-electron chi connectivity index (χ1n) is 6.01. The lowest BCUT2D eigenvalue weighted by atomic mass is 9.92. The first-order chi connectivity index (χ1) is 7.81. The third kappa shape index (κ3) is 2.60. The van der Waals surface area contributed by atoms with Gasteiger partial charge >= 0.3 is 0 Å². The van der Waals surface area contributed by atoms with E-state index in [1.165, 1.54) is 31.7 Å². The Bertz CT molecular complexity index is 334. The Morgan fingerprint density at radius 1 is 1.31 bits per heavy atom. The zero-order chi connectivity index (χ0) is 11.4. The summed E-state index contributed by atoms with van der Waals surface area (Å²) >= 11 is 0. The van der Waals surface area contributed by atoms with Gasteiger partial charge in [-0.15, -0.1) is 0 Å². The molecule has 0 radical (unpaired) electrons. The van der Waals surface area contributed by atoms with Crippen molar-refractivity contribution in [1.29, 1.82) is 0 Å². The molecule has 1 aromatic carbocycles. The lowest BCUT2D eigenvalue weighted by Crippen LogP contribution is -2.41. The van der Waals surface area contributed by atoms with E-state index in [0.717, 1.165) is 5.56 Å². The van der Waals surface area contributed by atoms with E-state index in [0.29, 0.717) is 12.3 Å². The van der Waals surface area contributed by atoms with Gasteiger partial charge in [-0.25, -0.2) is 4.39 Å². The van der Waals surface area contributed by atoms with Crippen LogP contribution in [0, 0.1) is 11.7 Å². The Morgan fingerprint density at radius 2 is 2.00 bits per heavy atom. The molecular weight excluding hydrogens is 203 g/mol. The van der Waals surface area contributed by atoms with Crippen molar-refractivity contribution in [2.24, 2.45) is 11.8 Å². The Labute approximate surface area is 96.0 Å². The van der Waals surface area contributed by atoms with Gasteiger partial charge in [0.2, 0.25) is 0 Å². The third-order valence-electron chi connectivity index (χ3n) is 3.58. The molecule has 0 spiro atoms. The van der Waals surface area contributed by atoms with Crippen LogP contribution < -0.4 is 11.3 Å². The molecule has 88 valence electrons. The number of nitrogens with two attached hydrogens (primary N) is 1. The number of halogens is 1. The monoisotopic (exact) mass is 222 g/mol. The maximum Gasteiger partial charge on any atom is 0.126 e. The molecule has 1 fully saturated rings. The van der Waals surface area contributed by atoms with Gasteiger partial charge in [0.1, 0.15) is 5.82 Å². The fourth-order valence-corrected chi connectivity index (χ4v) is 2.62. The van der Waals surface area contributed by atoms with Crippen LogP contribution in [0.5, 0.6) is 0 Å². The van der Waals surface area contributed by atoms with Crippen LogP contribution in [0.3, 0.4) is 0 Å². The van der Waals surface area contributed by atoms with Gasteiger partial charge in [0.25, 0.3) is 0 Å². The Hall–Kier alpha value is -0.930. The van der Waals surface area contributed by atoms with Gasteiger partial charge in [-0.2, -0.15) is 0 Å². The lowest BCUT2D eigenvalue weighted by molar-refractivity contribution is 0.358. The van der Waals surface area contributed by atoms with Crippen LogP contribution in [-0.4, -0.2) is 6.04 Å². The lowest BCUT2D eigenvalue weighted by Gasteiger charge is -2.22. The average Bonchev–Trinajstić information content (AvgIpc) is 2.81. The zero-order valence-electron chi connectivity index (χ0n) is 9.45. The Kier molecular flexibility index (Phi) is 3.91. The summed E-state index contributed by atoms with van der Waals surface area (Å²) in [5.41, 5.74) is 3.61. The van der Waals surface area contributed by atoms with Gasteiger partial charge < -0.3 is 0 Å². The molecule has 2 rings (SSSR count). The molecule has 1 aliphatic rings. The van der Waals surface area contributed by atoms with E-state index < -0.39 is 0 Å². The van der Waals surface area contributed by atoms with Crippen molar-refractivity contribution in [2.45, 2.75) is 38.1 Å². The summed E-state index contributed by atoms with van der Waals surface area (Å²) in [5, 5.41) is 0. The number of benzene rings is 1. The molecule has 1 saturated carbocycles. The second-order valence-corrected chi connectivity index (χ2v) is 4.61. The van der Waals surface area contributed by atoms with Gasteiger partial charge in [-0.05, 0) is 36.8 Å². The van der Waals surface area contributed by atoms with Gasteiger partial charge in [0.05, 0.1) is 0 Å². The highest BCUT2D eigenvalue weighted by atomic mass is 19.1. The fourth-order valence-electron chi connectivity index (χ4n) is 2.62. The second-order valence-electron chi connectivity index (χ2n) is 4.61. The van der Waals surface area contributed by atoms with E-state index in [4.69, 9.17) is 5.84 Å². The Balaban J connectivity index is 2.03. The van der Waals surface area contributed by atoms with Crippen LogP contribution in [0.25, 0.3) is 0 Å². The molecule has 0 amide bonds. The standard InChI is InChI=1S/C13H19FN2/c14-12-8-4-3-7-11(12)9-13(16-15)10-5-1-2-6-10/h3-4,7-8,10,13,16H,1-2,5-6,9,15H2. The van der Waals surface area contributed by atoms with Crippen molar-refractivity contribution in [3.8, 4) is 0 Å². The number of hydrogen-bond donors (Lipinski definition) is 2. The van der Waals surface area contributed by atoms with Gasteiger partial charge in [0.15, 0.2) is 0 Å². The van der Waals surface area contributed by atoms with Crippen molar-refractivity contribution in [1.82, 2.24) is 5.43 Å². The van der Waals surface area contributed by atoms with E-state index in [9.17, 15) is 4.39 Å². The molecule has 2 nitrogen and oxygen atoms in total. The highest BCUT2D eigenvalue weighted by molar-refractivity contribution is 5.18. The molecule has 3 N–H and O–H groups in total. The molecule has 0 aliphatic heterocycles. The molecule has 1 atom stereocenters.